The molecule has 1 atom stereocenters. The monoisotopic (exact) mass is 118 g/mol. The van der Waals surface area contributed by atoms with Crippen molar-refractivity contribution in [3.05, 3.63) is 0 Å². The van der Waals surface area contributed by atoms with E-state index in [9.17, 15) is 0 Å². The molecule has 0 unspecified atom stereocenters. The summed E-state index contributed by atoms with van der Waals surface area (Å²) >= 11 is 0. The molecule has 0 saturated carbocycles. The largest absolute Gasteiger partial charge is 0.390 e. The van der Waals surface area contributed by atoms with Crippen molar-refractivity contribution in [3.63, 3.8) is 0 Å². The Labute approximate surface area is 50.5 Å². The molecule has 0 aromatic carbocycles. The Hall–Kier alpha value is -0.0800. The summed E-state index contributed by atoms with van der Waals surface area (Å²) in [5, 5.41) is 9.00. The van der Waals surface area contributed by atoms with E-state index in [4.69, 9.17) is 9.84 Å². The van der Waals surface area contributed by atoms with E-state index in [1.54, 1.807) is 7.11 Å². The second-order valence-electron chi connectivity index (χ2n) is 2.27. The Balaban J connectivity index is 3.17. The third kappa shape index (κ3) is 2.99. The highest BCUT2D eigenvalue weighted by molar-refractivity contribution is 4.56. The number of aliphatic hydroxyl groups is 1. The van der Waals surface area contributed by atoms with Crippen molar-refractivity contribution in [2.75, 3.05) is 13.7 Å². The highest BCUT2D eigenvalue weighted by atomic mass is 16.5. The van der Waals surface area contributed by atoms with Crippen LogP contribution in [0, 0.1) is 5.92 Å². The molecule has 0 aromatic rings. The lowest BCUT2D eigenvalue weighted by Gasteiger charge is -2.11. The second-order valence-corrected chi connectivity index (χ2v) is 2.27. The SMILES string of the molecule is COC[C@@H](O)C(C)C. The average Bonchev–Trinajstić information content (AvgIpc) is 1.67. The van der Waals surface area contributed by atoms with Crippen LogP contribution in [-0.4, -0.2) is 24.9 Å². The van der Waals surface area contributed by atoms with Crippen LogP contribution in [0.3, 0.4) is 0 Å². The predicted molar refractivity (Wildman–Crippen MR) is 32.7 cm³/mol. The fourth-order valence-corrected chi connectivity index (χ4v) is 0.363. The van der Waals surface area contributed by atoms with Gasteiger partial charge in [0.2, 0.25) is 0 Å². The average molecular weight is 118 g/mol. The molecule has 0 spiro atoms. The number of ether oxygens (including phenoxy) is 1. The van der Waals surface area contributed by atoms with Gasteiger partial charge in [0, 0.05) is 7.11 Å². The van der Waals surface area contributed by atoms with Crippen molar-refractivity contribution in [2.24, 2.45) is 5.92 Å². The molecule has 50 valence electrons. The molecular formula is C6H14O2. The van der Waals surface area contributed by atoms with Crippen molar-refractivity contribution in [1.82, 2.24) is 0 Å². The van der Waals surface area contributed by atoms with Gasteiger partial charge < -0.3 is 9.84 Å². The van der Waals surface area contributed by atoms with Crippen molar-refractivity contribution < 1.29 is 9.84 Å². The van der Waals surface area contributed by atoms with E-state index >= 15 is 0 Å². The van der Waals surface area contributed by atoms with E-state index in [0.717, 1.165) is 0 Å². The zero-order valence-corrected chi connectivity index (χ0v) is 5.72. The molecule has 0 aliphatic heterocycles. The minimum Gasteiger partial charge on any atom is -0.390 e. The van der Waals surface area contributed by atoms with E-state index in [0.29, 0.717) is 12.5 Å². The van der Waals surface area contributed by atoms with Crippen LogP contribution in [0.25, 0.3) is 0 Å². The summed E-state index contributed by atoms with van der Waals surface area (Å²) < 4.78 is 4.71. The minimum atomic E-state index is -0.306. The third-order valence-corrected chi connectivity index (χ3v) is 1.11. The lowest BCUT2D eigenvalue weighted by Crippen LogP contribution is -2.20. The molecule has 8 heavy (non-hydrogen) atoms. The van der Waals surface area contributed by atoms with Gasteiger partial charge in [0.05, 0.1) is 12.7 Å². The predicted octanol–water partition coefficient (Wildman–Crippen LogP) is 0.650. The third-order valence-electron chi connectivity index (χ3n) is 1.11. The lowest BCUT2D eigenvalue weighted by molar-refractivity contribution is 0.0356. The first-order valence-corrected chi connectivity index (χ1v) is 2.85. The Morgan fingerprint density at radius 3 is 2.12 bits per heavy atom. The molecule has 0 aliphatic carbocycles. The number of hydrogen-bond donors (Lipinski definition) is 1. The van der Waals surface area contributed by atoms with Crippen molar-refractivity contribution in [2.45, 2.75) is 20.0 Å². The summed E-state index contributed by atoms with van der Waals surface area (Å²) in [5.74, 6) is 0.301. The van der Waals surface area contributed by atoms with Crippen LogP contribution in [0.4, 0.5) is 0 Å². The molecule has 1 N–H and O–H groups in total. The Morgan fingerprint density at radius 2 is 2.00 bits per heavy atom. The van der Waals surface area contributed by atoms with Gasteiger partial charge in [-0.3, -0.25) is 0 Å². The van der Waals surface area contributed by atoms with Gasteiger partial charge in [-0.05, 0) is 5.92 Å². The maximum Gasteiger partial charge on any atom is 0.0796 e. The summed E-state index contributed by atoms with van der Waals surface area (Å²) in [6, 6.07) is 0. The first-order valence-electron chi connectivity index (χ1n) is 2.85. The molecule has 0 bridgehead atoms. The number of methoxy groups -OCH3 is 1. The molecule has 2 heteroatoms. The highest BCUT2D eigenvalue weighted by Gasteiger charge is 2.06. The first-order chi connectivity index (χ1) is 3.68. The molecule has 2 nitrogen and oxygen atoms in total. The Bertz CT molecular complexity index is 52.5. The molecule has 0 heterocycles. The molecule has 0 amide bonds. The lowest BCUT2D eigenvalue weighted by atomic mass is 10.1. The summed E-state index contributed by atoms with van der Waals surface area (Å²) in [6.07, 6.45) is -0.306. The maximum atomic E-state index is 9.00. The number of aliphatic hydroxyl groups excluding tert-OH is 1. The van der Waals surface area contributed by atoms with Gasteiger partial charge in [-0.25, -0.2) is 0 Å². The summed E-state index contributed by atoms with van der Waals surface area (Å²) in [5.41, 5.74) is 0. The van der Waals surface area contributed by atoms with E-state index in [1.165, 1.54) is 0 Å². The fourth-order valence-electron chi connectivity index (χ4n) is 0.363. The van der Waals surface area contributed by atoms with E-state index in [-0.39, 0.29) is 6.10 Å². The summed E-state index contributed by atoms with van der Waals surface area (Å²) in [4.78, 5) is 0. The van der Waals surface area contributed by atoms with Crippen LogP contribution < -0.4 is 0 Å². The summed E-state index contributed by atoms with van der Waals surface area (Å²) in [7, 11) is 1.59. The standard InChI is InChI=1S/C6H14O2/c1-5(2)6(7)4-8-3/h5-7H,4H2,1-3H3/t6-/m1/s1. The van der Waals surface area contributed by atoms with Crippen LogP contribution in [0.5, 0.6) is 0 Å². The molecular weight excluding hydrogens is 104 g/mol. The van der Waals surface area contributed by atoms with Crippen molar-refractivity contribution >= 4 is 0 Å². The quantitative estimate of drug-likeness (QED) is 0.589. The fraction of sp³-hybridized carbons (Fsp3) is 1.00. The molecule has 0 fully saturated rings. The van der Waals surface area contributed by atoms with Crippen LogP contribution in [0.2, 0.25) is 0 Å². The van der Waals surface area contributed by atoms with Gasteiger partial charge in [-0.15, -0.1) is 0 Å². The van der Waals surface area contributed by atoms with Gasteiger partial charge in [0.15, 0.2) is 0 Å². The van der Waals surface area contributed by atoms with Crippen molar-refractivity contribution in [3.8, 4) is 0 Å². The maximum absolute atomic E-state index is 9.00. The van der Waals surface area contributed by atoms with E-state index in [1.807, 2.05) is 13.8 Å². The van der Waals surface area contributed by atoms with Crippen molar-refractivity contribution in [1.29, 1.82) is 0 Å². The van der Waals surface area contributed by atoms with Gasteiger partial charge in [-0.1, -0.05) is 13.8 Å². The van der Waals surface area contributed by atoms with Gasteiger partial charge in [0.25, 0.3) is 0 Å². The molecule has 0 radical (unpaired) electrons. The topological polar surface area (TPSA) is 29.5 Å². The zero-order chi connectivity index (χ0) is 6.57. The first kappa shape index (κ1) is 7.92. The highest BCUT2D eigenvalue weighted by Crippen LogP contribution is 1.99. The van der Waals surface area contributed by atoms with Gasteiger partial charge in [0.1, 0.15) is 0 Å². The van der Waals surface area contributed by atoms with Crippen LogP contribution in [0.1, 0.15) is 13.8 Å². The molecule has 0 aliphatic rings. The number of hydrogen-bond acceptors (Lipinski definition) is 2. The minimum absolute atomic E-state index is 0.301. The van der Waals surface area contributed by atoms with Gasteiger partial charge >= 0.3 is 0 Å². The number of rotatable bonds is 3. The zero-order valence-electron chi connectivity index (χ0n) is 5.72. The van der Waals surface area contributed by atoms with Crippen LogP contribution in [-0.2, 0) is 4.74 Å². The van der Waals surface area contributed by atoms with E-state index < -0.39 is 0 Å². The van der Waals surface area contributed by atoms with E-state index in [2.05, 4.69) is 0 Å². The Morgan fingerprint density at radius 1 is 1.50 bits per heavy atom. The summed E-state index contributed by atoms with van der Waals surface area (Å²) in [6.45, 7) is 4.37. The Kier molecular flexibility index (Phi) is 3.83. The molecule has 0 rings (SSSR count). The normalized spacial score (nSPS) is 14.6. The van der Waals surface area contributed by atoms with Crippen LogP contribution in [0.15, 0.2) is 0 Å². The molecule has 0 aromatic heterocycles. The van der Waals surface area contributed by atoms with Crippen LogP contribution >= 0.6 is 0 Å². The second kappa shape index (κ2) is 3.87. The molecule has 0 saturated heterocycles. The smallest absolute Gasteiger partial charge is 0.0796 e. The van der Waals surface area contributed by atoms with Gasteiger partial charge in [-0.2, -0.15) is 0 Å².